The van der Waals surface area contributed by atoms with Gasteiger partial charge in [0.25, 0.3) is 0 Å². The number of aryl methyl sites for hydroxylation is 1. The molecule has 1 saturated carbocycles. The van der Waals surface area contributed by atoms with E-state index >= 15 is 0 Å². The minimum Gasteiger partial charge on any atom is -0.356 e. The van der Waals surface area contributed by atoms with E-state index in [-0.39, 0.29) is 0 Å². The first-order valence-electron chi connectivity index (χ1n) is 6.64. The summed E-state index contributed by atoms with van der Waals surface area (Å²) in [5, 5.41) is 3.38. The third-order valence-corrected chi connectivity index (χ3v) is 4.53. The van der Waals surface area contributed by atoms with Crippen LogP contribution in [0.3, 0.4) is 0 Å². The maximum absolute atomic E-state index is 4.56. The van der Waals surface area contributed by atoms with Crippen molar-refractivity contribution < 1.29 is 0 Å². The SMILES string of the molecule is CNC1CCC(N(C)c2ncc(C)cc2Br)CC1. The van der Waals surface area contributed by atoms with Gasteiger partial charge in [-0.1, -0.05) is 0 Å². The Labute approximate surface area is 118 Å². The molecule has 18 heavy (non-hydrogen) atoms. The van der Waals surface area contributed by atoms with E-state index in [9.17, 15) is 0 Å². The summed E-state index contributed by atoms with van der Waals surface area (Å²) in [6.07, 6.45) is 6.94. The van der Waals surface area contributed by atoms with Crippen LogP contribution in [0, 0.1) is 6.92 Å². The second-order valence-electron chi connectivity index (χ2n) is 5.22. The van der Waals surface area contributed by atoms with Gasteiger partial charge in [0, 0.05) is 25.3 Å². The Morgan fingerprint density at radius 3 is 2.56 bits per heavy atom. The number of nitrogens with zero attached hydrogens (tertiary/aromatic N) is 2. The molecule has 0 atom stereocenters. The van der Waals surface area contributed by atoms with Crippen molar-refractivity contribution in [1.29, 1.82) is 0 Å². The molecule has 1 aromatic rings. The zero-order valence-corrected chi connectivity index (χ0v) is 13.0. The van der Waals surface area contributed by atoms with E-state index in [1.807, 2.05) is 6.20 Å². The molecule has 100 valence electrons. The maximum Gasteiger partial charge on any atom is 0.142 e. The molecule has 1 aliphatic rings. The van der Waals surface area contributed by atoms with Crippen molar-refractivity contribution in [2.75, 3.05) is 19.0 Å². The summed E-state index contributed by atoms with van der Waals surface area (Å²) >= 11 is 3.62. The number of aromatic nitrogens is 1. The van der Waals surface area contributed by atoms with Crippen LogP contribution in [0.15, 0.2) is 16.7 Å². The number of rotatable bonds is 3. The lowest BCUT2D eigenvalue weighted by molar-refractivity contribution is 0.350. The van der Waals surface area contributed by atoms with Crippen molar-refractivity contribution >= 4 is 21.7 Å². The summed E-state index contributed by atoms with van der Waals surface area (Å²) in [5.74, 6) is 1.06. The lowest BCUT2D eigenvalue weighted by Crippen LogP contribution is -2.40. The molecule has 1 aromatic heterocycles. The molecule has 0 unspecified atom stereocenters. The minimum absolute atomic E-state index is 0.612. The highest BCUT2D eigenvalue weighted by atomic mass is 79.9. The van der Waals surface area contributed by atoms with Crippen LogP contribution in [0.4, 0.5) is 5.82 Å². The molecule has 3 nitrogen and oxygen atoms in total. The van der Waals surface area contributed by atoms with Crippen LogP contribution in [0.5, 0.6) is 0 Å². The Balaban J connectivity index is 2.05. The Morgan fingerprint density at radius 1 is 1.33 bits per heavy atom. The van der Waals surface area contributed by atoms with Crippen LogP contribution in [0.1, 0.15) is 31.2 Å². The molecule has 0 spiro atoms. The normalized spacial score (nSPS) is 24.0. The maximum atomic E-state index is 4.56. The van der Waals surface area contributed by atoms with Gasteiger partial charge >= 0.3 is 0 Å². The summed E-state index contributed by atoms with van der Waals surface area (Å²) < 4.78 is 1.10. The largest absolute Gasteiger partial charge is 0.356 e. The van der Waals surface area contributed by atoms with Crippen molar-refractivity contribution in [3.05, 3.63) is 22.3 Å². The number of hydrogen-bond donors (Lipinski definition) is 1. The molecular formula is C14H22BrN3. The number of nitrogens with one attached hydrogen (secondary N) is 1. The highest BCUT2D eigenvalue weighted by Crippen LogP contribution is 2.30. The number of anilines is 1. The van der Waals surface area contributed by atoms with Gasteiger partial charge in [0.2, 0.25) is 0 Å². The molecule has 0 saturated heterocycles. The van der Waals surface area contributed by atoms with Crippen molar-refractivity contribution in [3.8, 4) is 0 Å². The average Bonchev–Trinajstić information content (AvgIpc) is 2.38. The molecule has 1 aliphatic carbocycles. The summed E-state index contributed by atoms with van der Waals surface area (Å²) in [6, 6.07) is 3.45. The third kappa shape index (κ3) is 3.04. The number of hydrogen-bond acceptors (Lipinski definition) is 3. The molecule has 0 bridgehead atoms. The van der Waals surface area contributed by atoms with Gasteiger partial charge < -0.3 is 10.2 Å². The van der Waals surface area contributed by atoms with E-state index in [4.69, 9.17) is 0 Å². The van der Waals surface area contributed by atoms with Crippen LogP contribution in [0.25, 0.3) is 0 Å². The predicted molar refractivity (Wildman–Crippen MR) is 80.2 cm³/mol. The van der Waals surface area contributed by atoms with Crippen molar-refractivity contribution in [1.82, 2.24) is 10.3 Å². The molecule has 0 radical (unpaired) electrons. The van der Waals surface area contributed by atoms with Gasteiger partial charge in [0.05, 0.1) is 4.47 Å². The summed E-state index contributed by atoms with van der Waals surface area (Å²) in [4.78, 5) is 6.88. The van der Waals surface area contributed by atoms with E-state index < -0.39 is 0 Å². The van der Waals surface area contributed by atoms with Gasteiger partial charge in [0.15, 0.2) is 0 Å². The van der Waals surface area contributed by atoms with E-state index in [1.165, 1.54) is 31.2 Å². The van der Waals surface area contributed by atoms with Crippen LogP contribution >= 0.6 is 15.9 Å². The zero-order chi connectivity index (χ0) is 13.1. The summed E-state index contributed by atoms with van der Waals surface area (Å²) in [7, 11) is 4.22. The second kappa shape index (κ2) is 6.02. The lowest BCUT2D eigenvalue weighted by atomic mass is 9.90. The monoisotopic (exact) mass is 311 g/mol. The lowest BCUT2D eigenvalue weighted by Gasteiger charge is -2.35. The summed E-state index contributed by atoms with van der Waals surface area (Å²) in [5.41, 5.74) is 1.19. The first-order valence-corrected chi connectivity index (χ1v) is 7.43. The van der Waals surface area contributed by atoms with Gasteiger partial charge in [-0.3, -0.25) is 0 Å². The Morgan fingerprint density at radius 2 is 2.00 bits per heavy atom. The van der Waals surface area contributed by atoms with Gasteiger partial charge in [-0.25, -0.2) is 4.98 Å². The molecule has 1 fully saturated rings. The van der Waals surface area contributed by atoms with E-state index in [0.717, 1.165) is 10.3 Å². The topological polar surface area (TPSA) is 28.2 Å². The van der Waals surface area contributed by atoms with Crippen molar-refractivity contribution in [3.63, 3.8) is 0 Å². The quantitative estimate of drug-likeness (QED) is 0.929. The molecule has 0 amide bonds. The second-order valence-corrected chi connectivity index (χ2v) is 6.08. The first-order chi connectivity index (χ1) is 8.61. The van der Waals surface area contributed by atoms with Crippen molar-refractivity contribution in [2.45, 2.75) is 44.7 Å². The van der Waals surface area contributed by atoms with Gasteiger partial charge in [0.1, 0.15) is 5.82 Å². The summed E-state index contributed by atoms with van der Waals surface area (Å²) in [6.45, 7) is 2.07. The zero-order valence-electron chi connectivity index (χ0n) is 11.4. The van der Waals surface area contributed by atoms with E-state index in [2.05, 4.69) is 58.2 Å². The van der Waals surface area contributed by atoms with Crippen LogP contribution < -0.4 is 10.2 Å². The van der Waals surface area contributed by atoms with Crippen LogP contribution in [-0.4, -0.2) is 31.2 Å². The molecule has 2 rings (SSSR count). The van der Waals surface area contributed by atoms with Crippen LogP contribution in [-0.2, 0) is 0 Å². The van der Waals surface area contributed by atoms with Gasteiger partial charge in [-0.2, -0.15) is 0 Å². The molecular weight excluding hydrogens is 290 g/mol. The molecule has 1 N–H and O–H groups in total. The fraction of sp³-hybridized carbons (Fsp3) is 0.643. The number of halogens is 1. The average molecular weight is 312 g/mol. The predicted octanol–water partition coefficient (Wildman–Crippen LogP) is 3.12. The molecule has 0 aliphatic heterocycles. The first kappa shape index (κ1) is 13.8. The highest BCUT2D eigenvalue weighted by molar-refractivity contribution is 9.10. The minimum atomic E-state index is 0.612. The van der Waals surface area contributed by atoms with E-state index in [1.54, 1.807) is 0 Å². The number of pyridine rings is 1. The molecule has 0 aromatic carbocycles. The van der Waals surface area contributed by atoms with Gasteiger partial charge in [-0.15, -0.1) is 0 Å². The standard InChI is InChI=1S/C14H22BrN3/c1-10-8-13(15)14(17-9-10)18(3)12-6-4-11(16-2)5-7-12/h8-9,11-12,16H,4-7H2,1-3H3. The molecule has 4 heteroatoms. The smallest absolute Gasteiger partial charge is 0.142 e. The highest BCUT2D eigenvalue weighted by Gasteiger charge is 2.24. The fourth-order valence-electron chi connectivity index (χ4n) is 2.71. The van der Waals surface area contributed by atoms with Crippen molar-refractivity contribution in [2.24, 2.45) is 0 Å². The van der Waals surface area contributed by atoms with E-state index in [0.29, 0.717) is 12.1 Å². The third-order valence-electron chi connectivity index (χ3n) is 3.95. The Bertz CT molecular complexity index is 400. The molecule has 1 heterocycles. The Kier molecular flexibility index (Phi) is 4.62. The van der Waals surface area contributed by atoms with Gasteiger partial charge in [-0.05, 0) is 67.2 Å². The van der Waals surface area contributed by atoms with Crippen LogP contribution in [0.2, 0.25) is 0 Å². The fourth-order valence-corrected chi connectivity index (χ4v) is 3.45. The Hall–Kier alpha value is -0.610.